The molecule has 0 spiro atoms. The van der Waals surface area contributed by atoms with Gasteiger partial charge in [0.2, 0.25) is 5.91 Å². The van der Waals surface area contributed by atoms with Crippen molar-refractivity contribution in [2.45, 2.75) is 58.2 Å². The fraction of sp³-hybridized carbons (Fsp3) is 0.714. The summed E-state index contributed by atoms with van der Waals surface area (Å²) < 4.78 is 16.8. The van der Waals surface area contributed by atoms with E-state index in [1.165, 1.54) is 0 Å². The van der Waals surface area contributed by atoms with Crippen molar-refractivity contribution < 1.29 is 23.5 Å². The first kappa shape index (κ1) is 21.6. The number of furan rings is 1. The standard InChI is InChI=1S/C21H33N3O5/c1-15-7-8-18(28-15)17(23-10-12-27-13-11-23)14-22-19(25)16-6-5-9-24(16)20(26)29-21(2,3)4/h7-8,16-17H,5-6,9-14H2,1-4H3,(H,22,25). The minimum atomic E-state index is -0.584. The minimum absolute atomic E-state index is 0.0621. The molecule has 0 aromatic carbocycles. The summed E-state index contributed by atoms with van der Waals surface area (Å²) in [5, 5.41) is 3.05. The lowest BCUT2D eigenvalue weighted by Crippen LogP contribution is -2.50. The molecule has 3 rings (SSSR count). The second-order valence-corrected chi connectivity index (χ2v) is 8.69. The molecule has 1 aromatic heterocycles. The van der Waals surface area contributed by atoms with E-state index in [0.717, 1.165) is 31.0 Å². The van der Waals surface area contributed by atoms with Crippen LogP contribution in [0.2, 0.25) is 0 Å². The third-order valence-electron chi connectivity index (χ3n) is 5.23. The monoisotopic (exact) mass is 407 g/mol. The second kappa shape index (κ2) is 9.17. The number of nitrogens with one attached hydrogen (secondary N) is 1. The molecular weight excluding hydrogens is 374 g/mol. The van der Waals surface area contributed by atoms with Gasteiger partial charge in [-0.15, -0.1) is 0 Å². The predicted octanol–water partition coefficient (Wildman–Crippen LogP) is 2.48. The fourth-order valence-electron chi connectivity index (χ4n) is 3.82. The van der Waals surface area contributed by atoms with Crippen LogP contribution in [0.4, 0.5) is 4.79 Å². The smallest absolute Gasteiger partial charge is 0.410 e. The Labute approximate surface area is 172 Å². The van der Waals surface area contributed by atoms with Gasteiger partial charge in [0.15, 0.2) is 0 Å². The Kier molecular flexibility index (Phi) is 6.85. The SMILES string of the molecule is Cc1ccc(C(CNC(=O)C2CCCN2C(=O)OC(C)(C)C)N2CCOCC2)o1. The fourth-order valence-corrected chi connectivity index (χ4v) is 3.82. The van der Waals surface area contributed by atoms with E-state index in [1.54, 1.807) is 4.90 Å². The highest BCUT2D eigenvalue weighted by Gasteiger charge is 2.37. The van der Waals surface area contributed by atoms with Gasteiger partial charge in [-0.2, -0.15) is 0 Å². The molecule has 162 valence electrons. The number of aryl methyl sites for hydroxylation is 1. The van der Waals surface area contributed by atoms with Gasteiger partial charge in [-0.1, -0.05) is 0 Å². The minimum Gasteiger partial charge on any atom is -0.465 e. The number of amides is 2. The van der Waals surface area contributed by atoms with Gasteiger partial charge in [0, 0.05) is 26.2 Å². The molecule has 3 heterocycles. The van der Waals surface area contributed by atoms with E-state index in [9.17, 15) is 9.59 Å². The van der Waals surface area contributed by atoms with Crippen LogP contribution in [-0.4, -0.2) is 72.8 Å². The number of rotatable bonds is 5. The molecule has 0 aliphatic carbocycles. The molecule has 29 heavy (non-hydrogen) atoms. The van der Waals surface area contributed by atoms with Gasteiger partial charge in [0.1, 0.15) is 23.2 Å². The zero-order valence-corrected chi connectivity index (χ0v) is 17.9. The molecular formula is C21H33N3O5. The van der Waals surface area contributed by atoms with Crippen molar-refractivity contribution >= 4 is 12.0 Å². The Balaban J connectivity index is 1.63. The number of hydrogen-bond donors (Lipinski definition) is 1. The van der Waals surface area contributed by atoms with Crippen LogP contribution in [0.15, 0.2) is 16.5 Å². The Morgan fingerprint density at radius 3 is 2.59 bits per heavy atom. The zero-order chi connectivity index (χ0) is 21.0. The quantitative estimate of drug-likeness (QED) is 0.807. The molecule has 1 N–H and O–H groups in total. The molecule has 2 aliphatic rings. The maximum atomic E-state index is 12.9. The molecule has 1 aromatic rings. The normalized spacial score (nSPS) is 21.8. The van der Waals surface area contributed by atoms with Crippen molar-refractivity contribution in [1.82, 2.24) is 15.1 Å². The van der Waals surface area contributed by atoms with E-state index in [0.29, 0.717) is 32.7 Å². The van der Waals surface area contributed by atoms with Gasteiger partial charge < -0.3 is 19.2 Å². The molecule has 0 radical (unpaired) electrons. The highest BCUT2D eigenvalue weighted by molar-refractivity contribution is 5.86. The third kappa shape index (κ3) is 5.73. The largest absolute Gasteiger partial charge is 0.465 e. The van der Waals surface area contributed by atoms with Crippen LogP contribution in [0.3, 0.4) is 0 Å². The number of carbonyl (C=O) groups is 2. The first-order valence-electron chi connectivity index (χ1n) is 10.4. The van der Waals surface area contributed by atoms with Crippen LogP contribution in [0.25, 0.3) is 0 Å². The van der Waals surface area contributed by atoms with Crippen molar-refractivity contribution in [3.63, 3.8) is 0 Å². The van der Waals surface area contributed by atoms with E-state index in [1.807, 2.05) is 39.8 Å². The highest BCUT2D eigenvalue weighted by Crippen LogP contribution is 2.25. The van der Waals surface area contributed by atoms with Crippen molar-refractivity contribution in [3.05, 3.63) is 23.7 Å². The lowest BCUT2D eigenvalue weighted by Gasteiger charge is -2.34. The van der Waals surface area contributed by atoms with Gasteiger partial charge in [-0.25, -0.2) is 4.79 Å². The Morgan fingerprint density at radius 2 is 1.97 bits per heavy atom. The van der Waals surface area contributed by atoms with Crippen LogP contribution in [0, 0.1) is 6.92 Å². The van der Waals surface area contributed by atoms with Crippen LogP contribution >= 0.6 is 0 Å². The van der Waals surface area contributed by atoms with E-state index in [2.05, 4.69) is 10.2 Å². The summed E-state index contributed by atoms with van der Waals surface area (Å²) in [7, 11) is 0. The summed E-state index contributed by atoms with van der Waals surface area (Å²) in [5.74, 6) is 1.53. The number of likely N-dealkylation sites (tertiary alicyclic amines) is 1. The molecule has 0 bridgehead atoms. The van der Waals surface area contributed by atoms with Gasteiger partial charge in [-0.05, 0) is 52.7 Å². The van der Waals surface area contributed by atoms with E-state index < -0.39 is 17.7 Å². The predicted molar refractivity (Wildman–Crippen MR) is 108 cm³/mol. The summed E-state index contributed by atoms with van der Waals surface area (Å²) in [5.41, 5.74) is -0.584. The Morgan fingerprint density at radius 1 is 1.24 bits per heavy atom. The summed E-state index contributed by atoms with van der Waals surface area (Å²) in [6.45, 7) is 11.3. The van der Waals surface area contributed by atoms with E-state index in [-0.39, 0.29) is 11.9 Å². The van der Waals surface area contributed by atoms with Crippen LogP contribution in [0.5, 0.6) is 0 Å². The maximum Gasteiger partial charge on any atom is 0.410 e. The molecule has 8 nitrogen and oxygen atoms in total. The average Bonchev–Trinajstić information content (AvgIpc) is 3.30. The zero-order valence-electron chi connectivity index (χ0n) is 17.9. The molecule has 2 aliphatic heterocycles. The molecule has 2 amide bonds. The number of morpholine rings is 1. The molecule has 2 unspecified atom stereocenters. The summed E-state index contributed by atoms with van der Waals surface area (Å²) >= 11 is 0. The molecule has 2 saturated heterocycles. The lowest BCUT2D eigenvalue weighted by molar-refractivity contribution is -0.125. The van der Waals surface area contributed by atoms with Gasteiger partial charge in [0.25, 0.3) is 0 Å². The Bertz CT molecular complexity index is 705. The summed E-state index contributed by atoms with van der Waals surface area (Å²) in [6, 6.07) is 3.34. The molecule has 2 fully saturated rings. The first-order valence-corrected chi connectivity index (χ1v) is 10.4. The molecule has 0 saturated carbocycles. The van der Waals surface area contributed by atoms with Crippen LogP contribution in [-0.2, 0) is 14.3 Å². The number of carbonyl (C=O) groups excluding carboxylic acids is 2. The van der Waals surface area contributed by atoms with E-state index in [4.69, 9.17) is 13.9 Å². The Hall–Kier alpha value is -2.06. The molecule has 2 atom stereocenters. The average molecular weight is 408 g/mol. The van der Waals surface area contributed by atoms with Crippen molar-refractivity contribution in [2.75, 3.05) is 39.4 Å². The highest BCUT2D eigenvalue weighted by atomic mass is 16.6. The first-order chi connectivity index (χ1) is 13.7. The van der Waals surface area contributed by atoms with Gasteiger partial charge in [-0.3, -0.25) is 14.6 Å². The van der Waals surface area contributed by atoms with Gasteiger partial charge in [0.05, 0.1) is 19.3 Å². The van der Waals surface area contributed by atoms with Gasteiger partial charge >= 0.3 is 6.09 Å². The maximum absolute atomic E-state index is 12.9. The number of nitrogens with zero attached hydrogens (tertiary/aromatic N) is 2. The second-order valence-electron chi connectivity index (χ2n) is 8.69. The summed E-state index contributed by atoms with van der Waals surface area (Å²) in [6.07, 6.45) is 1.01. The number of hydrogen-bond acceptors (Lipinski definition) is 6. The topological polar surface area (TPSA) is 84.2 Å². The van der Waals surface area contributed by atoms with Crippen LogP contribution in [0.1, 0.15) is 51.2 Å². The van der Waals surface area contributed by atoms with Crippen molar-refractivity contribution in [1.29, 1.82) is 0 Å². The van der Waals surface area contributed by atoms with Crippen molar-refractivity contribution in [2.24, 2.45) is 0 Å². The van der Waals surface area contributed by atoms with Crippen molar-refractivity contribution in [3.8, 4) is 0 Å². The number of ether oxygens (including phenoxy) is 2. The molecule has 8 heteroatoms. The summed E-state index contributed by atoms with van der Waals surface area (Å²) in [4.78, 5) is 29.2. The van der Waals surface area contributed by atoms with E-state index >= 15 is 0 Å². The van der Waals surface area contributed by atoms with Crippen LogP contribution < -0.4 is 5.32 Å². The third-order valence-corrected chi connectivity index (χ3v) is 5.23. The lowest BCUT2D eigenvalue weighted by atomic mass is 10.1.